The molecule has 1 aromatic heterocycles. The lowest BCUT2D eigenvalue weighted by atomic mass is 10.1. The molecule has 1 aliphatic rings. The molecule has 1 aliphatic heterocycles. The number of carbonyl (C=O) groups is 1. The fraction of sp³-hybridized carbons (Fsp3) is 0.714. The van der Waals surface area contributed by atoms with Gasteiger partial charge in [-0.25, -0.2) is 0 Å². The Balaban J connectivity index is 2.11. The van der Waals surface area contributed by atoms with Gasteiger partial charge in [-0.05, 0) is 26.8 Å². The van der Waals surface area contributed by atoms with Crippen LogP contribution in [0.3, 0.4) is 0 Å². The maximum absolute atomic E-state index is 12.4. The first-order valence-corrected chi connectivity index (χ1v) is 6.88. The highest BCUT2D eigenvalue weighted by Crippen LogP contribution is 2.19. The van der Waals surface area contributed by atoms with Crippen LogP contribution in [-0.4, -0.2) is 53.1 Å². The molecule has 1 saturated heterocycles. The molecule has 5 heteroatoms. The summed E-state index contributed by atoms with van der Waals surface area (Å²) in [4.78, 5) is 16.6. The third kappa shape index (κ3) is 2.81. The minimum Gasteiger partial charge on any atom is -0.351 e. The Hall–Kier alpha value is -1.36. The van der Waals surface area contributed by atoms with Gasteiger partial charge >= 0.3 is 0 Å². The van der Waals surface area contributed by atoms with Gasteiger partial charge in [-0.15, -0.1) is 0 Å². The molecule has 0 radical (unpaired) electrons. The molecule has 0 spiro atoms. The molecule has 19 heavy (non-hydrogen) atoms. The minimum atomic E-state index is -0.0498. The molecule has 0 unspecified atom stereocenters. The summed E-state index contributed by atoms with van der Waals surface area (Å²) in [5, 5.41) is 3.95. The van der Waals surface area contributed by atoms with E-state index >= 15 is 0 Å². The quantitative estimate of drug-likeness (QED) is 0.820. The number of rotatable bonds is 2. The highest BCUT2D eigenvalue weighted by Gasteiger charge is 2.31. The van der Waals surface area contributed by atoms with Gasteiger partial charge in [0.25, 0.3) is 5.91 Å². The van der Waals surface area contributed by atoms with E-state index in [0.717, 1.165) is 18.8 Å². The van der Waals surface area contributed by atoms with Crippen molar-refractivity contribution in [1.82, 2.24) is 15.0 Å². The number of amides is 1. The summed E-state index contributed by atoms with van der Waals surface area (Å²) >= 11 is 0. The van der Waals surface area contributed by atoms with Crippen LogP contribution in [0.5, 0.6) is 0 Å². The first-order valence-electron chi connectivity index (χ1n) is 6.88. The van der Waals surface area contributed by atoms with E-state index in [9.17, 15) is 4.79 Å². The van der Waals surface area contributed by atoms with E-state index < -0.39 is 0 Å². The molecule has 2 heterocycles. The Bertz CT molecular complexity index is 443. The summed E-state index contributed by atoms with van der Waals surface area (Å²) < 4.78 is 5.18. The first-order chi connectivity index (χ1) is 8.90. The number of likely N-dealkylation sites (N-methyl/N-ethyl adjacent to an activating group) is 1. The van der Waals surface area contributed by atoms with E-state index in [2.05, 4.69) is 31.0 Å². The molecule has 1 fully saturated rings. The van der Waals surface area contributed by atoms with Crippen LogP contribution in [0.25, 0.3) is 0 Å². The van der Waals surface area contributed by atoms with E-state index in [0.29, 0.717) is 17.8 Å². The summed E-state index contributed by atoms with van der Waals surface area (Å²) in [7, 11) is 2.10. The fourth-order valence-corrected chi connectivity index (χ4v) is 2.39. The van der Waals surface area contributed by atoms with Crippen molar-refractivity contribution in [3.63, 3.8) is 0 Å². The van der Waals surface area contributed by atoms with Gasteiger partial charge in [0.05, 0.1) is 5.69 Å². The SMILES string of the molecule is CC(C)c1cc(C(=O)N2C[C@@H](C)N(C)[C@@H](C)C2)on1. The van der Waals surface area contributed by atoms with Crippen molar-refractivity contribution in [2.24, 2.45) is 0 Å². The highest BCUT2D eigenvalue weighted by atomic mass is 16.5. The largest absolute Gasteiger partial charge is 0.351 e. The van der Waals surface area contributed by atoms with Gasteiger partial charge in [-0.3, -0.25) is 9.69 Å². The smallest absolute Gasteiger partial charge is 0.292 e. The van der Waals surface area contributed by atoms with Crippen molar-refractivity contribution in [3.8, 4) is 0 Å². The number of hydrogen-bond acceptors (Lipinski definition) is 4. The molecule has 2 atom stereocenters. The lowest BCUT2D eigenvalue weighted by Crippen LogP contribution is -2.56. The topological polar surface area (TPSA) is 49.6 Å². The van der Waals surface area contributed by atoms with Gasteiger partial charge < -0.3 is 9.42 Å². The summed E-state index contributed by atoms with van der Waals surface area (Å²) in [6.07, 6.45) is 0. The zero-order valence-electron chi connectivity index (χ0n) is 12.4. The van der Waals surface area contributed by atoms with Crippen LogP contribution in [-0.2, 0) is 0 Å². The molecule has 2 rings (SSSR count). The van der Waals surface area contributed by atoms with Gasteiger partial charge in [0.1, 0.15) is 0 Å². The molecule has 1 aromatic rings. The second kappa shape index (κ2) is 5.33. The fourth-order valence-electron chi connectivity index (χ4n) is 2.39. The molecule has 0 aliphatic carbocycles. The number of aromatic nitrogens is 1. The Morgan fingerprint density at radius 1 is 1.37 bits per heavy atom. The molecular formula is C14H23N3O2. The van der Waals surface area contributed by atoms with Crippen LogP contribution >= 0.6 is 0 Å². The first kappa shape index (κ1) is 14.1. The normalized spacial score (nSPS) is 25.1. The number of hydrogen-bond donors (Lipinski definition) is 0. The molecular weight excluding hydrogens is 242 g/mol. The van der Waals surface area contributed by atoms with Crippen molar-refractivity contribution < 1.29 is 9.32 Å². The molecule has 0 aromatic carbocycles. The van der Waals surface area contributed by atoms with E-state index in [1.54, 1.807) is 6.07 Å². The monoisotopic (exact) mass is 265 g/mol. The summed E-state index contributed by atoms with van der Waals surface area (Å²) in [6.45, 7) is 9.80. The van der Waals surface area contributed by atoms with Crippen LogP contribution in [0.1, 0.15) is 49.9 Å². The maximum Gasteiger partial charge on any atom is 0.292 e. The molecule has 106 valence electrons. The standard InChI is InChI=1S/C14H23N3O2/c1-9(2)12-6-13(19-15-12)14(18)17-7-10(3)16(5)11(4)8-17/h6,9-11H,7-8H2,1-5H3/t10-,11+. The zero-order chi connectivity index (χ0) is 14.2. The van der Waals surface area contributed by atoms with Crippen LogP contribution in [0.2, 0.25) is 0 Å². The zero-order valence-corrected chi connectivity index (χ0v) is 12.4. The van der Waals surface area contributed by atoms with Gasteiger partial charge in [0.2, 0.25) is 5.76 Å². The van der Waals surface area contributed by atoms with Gasteiger partial charge in [0, 0.05) is 31.2 Å². The average Bonchev–Trinajstić information content (AvgIpc) is 2.84. The Labute approximate surface area is 114 Å². The second-order valence-electron chi connectivity index (χ2n) is 5.84. The van der Waals surface area contributed by atoms with E-state index in [4.69, 9.17) is 4.52 Å². The summed E-state index contributed by atoms with van der Waals surface area (Å²) in [5.41, 5.74) is 0.832. The Morgan fingerprint density at radius 2 is 1.95 bits per heavy atom. The number of nitrogens with zero attached hydrogens (tertiary/aromatic N) is 3. The van der Waals surface area contributed by atoms with Gasteiger partial charge in [-0.2, -0.15) is 0 Å². The Morgan fingerprint density at radius 3 is 2.42 bits per heavy atom. The lowest BCUT2D eigenvalue weighted by molar-refractivity contribution is 0.0382. The molecule has 0 N–H and O–H groups in total. The van der Waals surface area contributed by atoms with E-state index in [-0.39, 0.29) is 11.8 Å². The lowest BCUT2D eigenvalue weighted by Gasteiger charge is -2.42. The average molecular weight is 265 g/mol. The summed E-state index contributed by atoms with van der Waals surface area (Å²) in [6, 6.07) is 2.49. The van der Waals surface area contributed by atoms with E-state index in [1.165, 1.54) is 0 Å². The van der Waals surface area contributed by atoms with Crippen LogP contribution in [0, 0.1) is 0 Å². The molecule has 1 amide bonds. The predicted molar refractivity (Wildman–Crippen MR) is 73.2 cm³/mol. The van der Waals surface area contributed by atoms with Gasteiger partial charge in [-0.1, -0.05) is 19.0 Å². The summed E-state index contributed by atoms with van der Waals surface area (Å²) in [5.74, 6) is 0.578. The van der Waals surface area contributed by atoms with E-state index in [1.807, 2.05) is 18.7 Å². The van der Waals surface area contributed by atoms with Crippen LogP contribution < -0.4 is 0 Å². The number of piperazine rings is 1. The van der Waals surface area contributed by atoms with Crippen LogP contribution in [0.4, 0.5) is 0 Å². The maximum atomic E-state index is 12.4. The van der Waals surface area contributed by atoms with Crippen molar-refractivity contribution >= 4 is 5.91 Å². The highest BCUT2D eigenvalue weighted by molar-refractivity contribution is 5.91. The molecule has 5 nitrogen and oxygen atoms in total. The minimum absolute atomic E-state index is 0.0498. The molecule has 0 bridgehead atoms. The second-order valence-corrected chi connectivity index (χ2v) is 5.84. The van der Waals surface area contributed by atoms with Crippen molar-refractivity contribution in [3.05, 3.63) is 17.5 Å². The Kier molecular flexibility index (Phi) is 3.94. The number of carbonyl (C=O) groups excluding carboxylic acids is 1. The van der Waals surface area contributed by atoms with Crippen molar-refractivity contribution in [2.75, 3.05) is 20.1 Å². The van der Waals surface area contributed by atoms with Crippen molar-refractivity contribution in [2.45, 2.75) is 45.7 Å². The molecule has 0 saturated carbocycles. The van der Waals surface area contributed by atoms with Crippen LogP contribution in [0.15, 0.2) is 10.6 Å². The van der Waals surface area contributed by atoms with Crippen molar-refractivity contribution in [1.29, 1.82) is 0 Å². The third-order valence-electron chi connectivity index (χ3n) is 3.98. The van der Waals surface area contributed by atoms with Gasteiger partial charge in [0.15, 0.2) is 0 Å². The predicted octanol–water partition coefficient (Wildman–Crippen LogP) is 1.96. The third-order valence-corrected chi connectivity index (χ3v) is 3.98.